The van der Waals surface area contributed by atoms with Crippen LogP contribution in [0.1, 0.15) is 123 Å². The number of allylic oxidation sites excluding steroid dienone is 3. The van der Waals surface area contributed by atoms with Gasteiger partial charge >= 0.3 is 0 Å². The molecular formula is C39H71NO13. The molecule has 2 aliphatic rings. The van der Waals surface area contributed by atoms with Crippen molar-refractivity contribution in [2.75, 3.05) is 19.8 Å². The number of nitrogens with one attached hydrogen (secondary N) is 1. The molecule has 0 spiro atoms. The summed E-state index contributed by atoms with van der Waals surface area (Å²) in [6.07, 6.45) is 8.64. The van der Waals surface area contributed by atoms with Crippen LogP contribution in [0.25, 0.3) is 0 Å². The van der Waals surface area contributed by atoms with E-state index in [0.717, 1.165) is 38.5 Å². The Morgan fingerprint density at radius 2 is 1.21 bits per heavy atom. The first kappa shape index (κ1) is 47.6. The third kappa shape index (κ3) is 17.4. The highest BCUT2D eigenvalue weighted by Gasteiger charge is 2.50. The van der Waals surface area contributed by atoms with E-state index in [1.807, 2.05) is 6.08 Å². The lowest BCUT2D eigenvalue weighted by molar-refractivity contribution is -0.359. The fourth-order valence-corrected chi connectivity index (χ4v) is 6.48. The SMILES string of the molecule is CCCCCCCCCC/C=C/CC/C=C/C(O)C(COC1OC(CO)C(OC2OC(CO)C(O)C(O)C2O)C(O)C1O)NC(=O)CCCCCCC. The molecule has 2 fully saturated rings. The Hall–Kier alpha value is -1.53. The van der Waals surface area contributed by atoms with E-state index in [0.29, 0.717) is 12.8 Å². The number of aliphatic hydroxyl groups excluding tert-OH is 8. The Morgan fingerprint density at radius 1 is 0.660 bits per heavy atom. The molecule has 9 N–H and O–H groups in total. The fourth-order valence-electron chi connectivity index (χ4n) is 6.48. The average Bonchev–Trinajstić information content (AvgIpc) is 3.15. The van der Waals surface area contributed by atoms with Gasteiger partial charge in [-0.25, -0.2) is 0 Å². The Kier molecular flexibility index (Phi) is 25.1. The lowest BCUT2D eigenvalue weighted by atomic mass is 9.97. The van der Waals surface area contributed by atoms with Crippen molar-refractivity contribution >= 4 is 5.91 Å². The Balaban J connectivity index is 1.94. The van der Waals surface area contributed by atoms with Crippen molar-refractivity contribution < 1.29 is 64.6 Å². The molecule has 0 aromatic rings. The van der Waals surface area contributed by atoms with E-state index < -0.39 is 86.8 Å². The molecule has 2 rings (SSSR count). The quantitative estimate of drug-likeness (QED) is 0.0413. The van der Waals surface area contributed by atoms with Crippen LogP contribution in [-0.2, 0) is 23.7 Å². The molecule has 0 bridgehead atoms. The maximum absolute atomic E-state index is 12.8. The van der Waals surface area contributed by atoms with Gasteiger partial charge in [-0.05, 0) is 32.1 Å². The van der Waals surface area contributed by atoms with E-state index in [1.165, 1.54) is 51.4 Å². The number of ether oxygens (including phenoxy) is 4. The maximum atomic E-state index is 12.8. The molecular weight excluding hydrogens is 690 g/mol. The summed E-state index contributed by atoms with van der Waals surface area (Å²) in [6, 6.07) is -0.921. The van der Waals surface area contributed by atoms with Gasteiger partial charge in [0.2, 0.25) is 5.91 Å². The van der Waals surface area contributed by atoms with Crippen LogP contribution < -0.4 is 5.32 Å². The van der Waals surface area contributed by atoms with Crippen LogP contribution in [0.15, 0.2) is 24.3 Å². The summed E-state index contributed by atoms with van der Waals surface area (Å²) in [5.41, 5.74) is 0. The zero-order valence-corrected chi connectivity index (χ0v) is 32.0. The third-order valence-corrected chi connectivity index (χ3v) is 9.89. The number of unbranched alkanes of at least 4 members (excludes halogenated alkanes) is 13. The van der Waals surface area contributed by atoms with E-state index in [1.54, 1.807) is 6.08 Å². The van der Waals surface area contributed by atoms with Crippen molar-refractivity contribution in [3.63, 3.8) is 0 Å². The maximum Gasteiger partial charge on any atom is 0.220 e. The molecule has 0 aromatic carbocycles. The second-order valence-electron chi connectivity index (χ2n) is 14.4. The van der Waals surface area contributed by atoms with Crippen LogP contribution in [0, 0.1) is 0 Å². The molecule has 0 aromatic heterocycles. The van der Waals surface area contributed by atoms with E-state index >= 15 is 0 Å². The van der Waals surface area contributed by atoms with Gasteiger partial charge in [0.25, 0.3) is 0 Å². The predicted octanol–water partition coefficient (Wildman–Crippen LogP) is 2.26. The van der Waals surface area contributed by atoms with Crippen LogP contribution >= 0.6 is 0 Å². The van der Waals surface area contributed by atoms with Crippen molar-refractivity contribution in [3.05, 3.63) is 24.3 Å². The minimum absolute atomic E-state index is 0.266. The zero-order chi connectivity index (χ0) is 39.0. The van der Waals surface area contributed by atoms with Crippen LogP contribution in [0.2, 0.25) is 0 Å². The van der Waals surface area contributed by atoms with Gasteiger partial charge in [0.1, 0.15) is 48.8 Å². The van der Waals surface area contributed by atoms with Gasteiger partial charge < -0.3 is 65.1 Å². The number of amides is 1. The highest BCUT2D eigenvalue weighted by atomic mass is 16.7. The summed E-state index contributed by atoms with van der Waals surface area (Å²) in [6.45, 7) is 2.61. The summed E-state index contributed by atoms with van der Waals surface area (Å²) < 4.78 is 22.4. The lowest BCUT2D eigenvalue weighted by Gasteiger charge is -2.46. The van der Waals surface area contributed by atoms with Crippen molar-refractivity contribution in [1.82, 2.24) is 5.32 Å². The summed E-state index contributed by atoms with van der Waals surface area (Å²) >= 11 is 0. The number of hydrogen-bond donors (Lipinski definition) is 9. The molecule has 1 amide bonds. The van der Waals surface area contributed by atoms with Crippen LogP contribution in [0.5, 0.6) is 0 Å². The van der Waals surface area contributed by atoms with Gasteiger partial charge in [-0.2, -0.15) is 0 Å². The molecule has 12 unspecified atom stereocenters. The monoisotopic (exact) mass is 761 g/mol. The molecule has 2 heterocycles. The van der Waals surface area contributed by atoms with Gasteiger partial charge in [0.15, 0.2) is 12.6 Å². The van der Waals surface area contributed by atoms with Gasteiger partial charge in [-0.3, -0.25) is 4.79 Å². The Labute approximate surface area is 316 Å². The van der Waals surface area contributed by atoms with E-state index in [9.17, 15) is 45.6 Å². The molecule has 0 aliphatic carbocycles. The smallest absolute Gasteiger partial charge is 0.220 e. The normalized spacial score (nSPS) is 30.6. The van der Waals surface area contributed by atoms with E-state index in [2.05, 4.69) is 31.3 Å². The molecule has 14 nitrogen and oxygen atoms in total. The first-order valence-corrected chi connectivity index (χ1v) is 20.1. The molecule has 2 aliphatic heterocycles. The van der Waals surface area contributed by atoms with Gasteiger partial charge in [0, 0.05) is 6.42 Å². The standard InChI is InChI=1S/C39H71NO13/c1-3-5-7-9-10-11-12-13-14-15-16-17-19-20-22-28(43)27(40-31(44)23-21-18-8-6-4-2)26-50-38-36(49)34(47)37(30(25-42)52-38)53-39-35(48)33(46)32(45)29(24-41)51-39/h15-16,20,22,27-30,32-39,41-43,45-49H,3-14,17-19,21,23-26H2,1-2H3,(H,40,44)/b16-15+,22-20+. The lowest BCUT2D eigenvalue weighted by Crippen LogP contribution is -2.65. The minimum atomic E-state index is -1.79. The minimum Gasteiger partial charge on any atom is -0.394 e. The van der Waals surface area contributed by atoms with Crippen molar-refractivity contribution in [2.24, 2.45) is 0 Å². The zero-order valence-electron chi connectivity index (χ0n) is 32.0. The topological polar surface area (TPSA) is 228 Å². The largest absolute Gasteiger partial charge is 0.394 e. The van der Waals surface area contributed by atoms with Crippen LogP contribution in [-0.4, -0.2) is 140 Å². The fraction of sp³-hybridized carbons (Fsp3) is 0.872. The number of hydrogen-bond acceptors (Lipinski definition) is 13. The molecule has 0 saturated carbocycles. The van der Waals surface area contributed by atoms with Gasteiger partial charge in [-0.15, -0.1) is 0 Å². The van der Waals surface area contributed by atoms with Gasteiger partial charge in [0.05, 0.1) is 32.0 Å². The third-order valence-electron chi connectivity index (χ3n) is 9.89. The van der Waals surface area contributed by atoms with Gasteiger partial charge in [-0.1, -0.05) is 109 Å². The molecule has 0 radical (unpaired) electrons. The summed E-state index contributed by atoms with van der Waals surface area (Å²) in [7, 11) is 0. The van der Waals surface area contributed by atoms with Crippen molar-refractivity contribution in [1.29, 1.82) is 0 Å². The Morgan fingerprint density at radius 3 is 1.85 bits per heavy atom. The molecule has 2 saturated heterocycles. The van der Waals surface area contributed by atoms with E-state index in [4.69, 9.17) is 18.9 Å². The second kappa shape index (κ2) is 28.0. The van der Waals surface area contributed by atoms with Crippen molar-refractivity contribution in [2.45, 2.75) is 197 Å². The van der Waals surface area contributed by atoms with Crippen LogP contribution in [0.3, 0.4) is 0 Å². The highest BCUT2D eigenvalue weighted by Crippen LogP contribution is 2.29. The first-order valence-electron chi connectivity index (χ1n) is 20.1. The molecule has 310 valence electrons. The van der Waals surface area contributed by atoms with Crippen LogP contribution in [0.4, 0.5) is 0 Å². The molecule has 12 atom stereocenters. The second-order valence-corrected chi connectivity index (χ2v) is 14.4. The van der Waals surface area contributed by atoms with E-state index in [-0.39, 0.29) is 18.9 Å². The summed E-state index contributed by atoms with van der Waals surface area (Å²) in [5, 5.41) is 85.8. The predicted molar refractivity (Wildman–Crippen MR) is 198 cm³/mol. The summed E-state index contributed by atoms with van der Waals surface area (Å²) in [4.78, 5) is 12.8. The average molecular weight is 762 g/mol. The summed E-state index contributed by atoms with van der Waals surface area (Å²) in [5.74, 6) is -0.266. The number of carbonyl (C=O) groups excluding carboxylic acids is 1. The highest BCUT2D eigenvalue weighted by molar-refractivity contribution is 5.76. The number of aliphatic hydroxyl groups is 8. The van der Waals surface area contributed by atoms with Crippen molar-refractivity contribution in [3.8, 4) is 0 Å². The molecule has 53 heavy (non-hydrogen) atoms. The Bertz CT molecular complexity index is 998. The first-order chi connectivity index (χ1) is 25.6. The number of rotatable bonds is 28. The number of carbonyl (C=O) groups is 1. The molecule has 14 heteroatoms.